The Morgan fingerprint density at radius 1 is 1.12 bits per heavy atom. The van der Waals surface area contributed by atoms with Crippen molar-refractivity contribution in [3.63, 3.8) is 0 Å². The number of nitrogens with one attached hydrogen (secondary N) is 2. The Bertz CT molecular complexity index is 1130. The molecule has 0 radical (unpaired) electrons. The number of nitrogens with zero attached hydrogens (tertiary/aromatic N) is 1. The SMILES string of the molecule is CCN1CCc2c(sc3c2C(=O)NC(c2ccc(OCc4ccccc4)c(OC)c2)N3)C1. The third kappa shape index (κ3) is 3.94. The summed E-state index contributed by atoms with van der Waals surface area (Å²) >= 11 is 1.71. The van der Waals surface area contributed by atoms with Gasteiger partial charge in [0.2, 0.25) is 0 Å². The van der Waals surface area contributed by atoms with Crippen molar-refractivity contribution in [3.05, 3.63) is 75.7 Å². The molecule has 2 aliphatic heterocycles. The predicted octanol–water partition coefficient (Wildman–Crippen LogP) is 4.57. The number of ether oxygens (including phenoxy) is 2. The van der Waals surface area contributed by atoms with E-state index in [0.717, 1.165) is 47.7 Å². The molecule has 0 fully saturated rings. The molecule has 0 bridgehead atoms. The quantitative estimate of drug-likeness (QED) is 0.577. The van der Waals surface area contributed by atoms with Crippen LogP contribution in [-0.4, -0.2) is 31.0 Å². The van der Waals surface area contributed by atoms with Crippen LogP contribution >= 0.6 is 11.3 Å². The number of likely N-dealkylation sites (N-methyl/N-ethyl adjacent to an activating group) is 1. The smallest absolute Gasteiger partial charge is 0.256 e. The van der Waals surface area contributed by atoms with Crippen LogP contribution < -0.4 is 20.1 Å². The average Bonchev–Trinajstić information content (AvgIpc) is 3.21. The molecular weight excluding hydrogens is 422 g/mol. The molecule has 32 heavy (non-hydrogen) atoms. The van der Waals surface area contributed by atoms with Gasteiger partial charge in [-0.25, -0.2) is 0 Å². The zero-order valence-corrected chi connectivity index (χ0v) is 19.1. The molecule has 2 N–H and O–H groups in total. The first-order valence-corrected chi connectivity index (χ1v) is 11.8. The van der Waals surface area contributed by atoms with Crippen molar-refractivity contribution in [2.75, 3.05) is 25.5 Å². The van der Waals surface area contributed by atoms with Crippen LogP contribution in [0, 0.1) is 0 Å². The zero-order valence-electron chi connectivity index (χ0n) is 18.3. The minimum absolute atomic E-state index is 0.00503. The molecule has 1 unspecified atom stereocenters. The van der Waals surface area contributed by atoms with Gasteiger partial charge in [0.05, 0.1) is 12.7 Å². The second kappa shape index (κ2) is 8.84. The maximum atomic E-state index is 13.0. The van der Waals surface area contributed by atoms with Crippen LogP contribution in [0.5, 0.6) is 11.5 Å². The van der Waals surface area contributed by atoms with E-state index in [9.17, 15) is 4.79 Å². The van der Waals surface area contributed by atoms with E-state index in [2.05, 4.69) is 22.5 Å². The van der Waals surface area contributed by atoms with Gasteiger partial charge in [0, 0.05) is 18.0 Å². The predicted molar refractivity (Wildman–Crippen MR) is 127 cm³/mol. The first kappa shape index (κ1) is 20.8. The number of anilines is 1. The highest BCUT2D eigenvalue weighted by molar-refractivity contribution is 7.16. The van der Waals surface area contributed by atoms with Gasteiger partial charge < -0.3 is 20.1 Å². The summed E-state index contributed by atoms with van der Waals surface area (Å²) in [4.78, 5) is 16.7. The maximum absolute atomic E-state index is 13.0. The molecule has 1 aromatic heterocycles. The molecule has 0 saturated carbocycles. The summed E-state index contributed by atoms with van der Waals surface area (Å²) in [6.07, 6.45) is 0.616. The molecule has 0 spiro atoms. The number of carbonyl (C=O) groups excluding carboxylic acids is 1. The monoisotopic (exact) mass is 449 g/mol. The molecular formula is C25H27N3O3S. The Labute approximate surface area is 192 Å². The Kier molecular flexibility index (Phi) is 5.76. The summed E-state index contributed by atoms with van der Waals surface area (Å²) in [6.45, 7) is 5.60. The van der Waals surface area contributed by atoms with Crippen LogP contribution in [0.15, 0.2) is 48.5 Å². The van der Waals surface area contributed by atoms with Gasteiger partial charge in [0.25, 0.3) is 5.91 Å². The van der Waals surface area contributed by atoms with Crippen molar-refractivity contribution in [3.8, 4) is 11.5 Å². The van der Waals surface area contributed by atoms with Crippen LogP contribution in [0.1, 0.15) is 45.0 Å². The minimum atomic E-state index is -0.311. The fourth-order valence-corrected chi connectivity index (χ4v) is 5.64. The van der Waals surface area contributed by atoms with Crippen molar-refractivity contribution in [1.82, 2.24) is 10.2 Å². The Morgan fingerprint density at radius 2 is 1.97 bits per heavy atom. The molecule has 1 amide bonds. The van der Waals surface area contributed by atoms with Gasteiger partial charge in [-0.15, -0.1) is 11.3 Å². The Hall–Kier alpha value is -3.03. The van der Waals surface area contributed by atoms with Crippen LogP contribution in [0.25, 0.3) is 0 Å². The second-order valence-corrected chi connectivity index (χ2v) is 9.17. The van der Waals surface area contributed by atoms with Gasteiger partial charge in [-0.2, -0.15) is 0 Å². The molecule has 0 aliphatic carbocycles. The lowest BCUT2D eigenvalue weighted by Gasteiger charge is -2.28. The first-order chi connectivity index (χ1) is 15.7. The van der Waals surface area contributed by atoms with Crippen molar-refractivity contribution >= 4 is 22.2 Å². The van der Waals surface area contributed by atoms with E-state index in [4.69, 9.17) is 9.47 Å². The topological polar surface area (TPSA) is 62.8 Å². The van der Waals surface area contributed by atoms with Crippen LogP contribution in [0.4, 0.5) is 5.00 Å². The second-order valence-electron chi connectivity index (χ2n) is 8.06. The Balaban J connectivity index is 1.35. The number of rotatable bonds is 6. The molecule has 2 aliphatic rings. The summed E-state index contributed by atoms with van der Waals surface area (Å²) in [5, 5.41) is 7.62. The van der Waals surface area contributed by atoms with E-state index in [-0.39, 0.29) is 12.1 Å². The zero-order chi connectivity index (χ0) is 22.1. The number of hydrogen-bond donors (Lipinski definition) is 2. The van der Waals surface area contributed by atoms with Gasteiger partial charge in [-0.1, -0.05) is 43.3 Å². The van der Waals surface area contributed by atoms with Crippen molar-refractivity contribution in [1.29, 1.82) is 0 Å². The largest absolute Gasteiger partial charge is 0.493 e. The summed E-state index contributed by atoms with van der Waals surface area (Å²) in [6, 6.07) is 15.8. The lowest BCUT2D eigenvalue weighted by molar-refractivity contribution is 0.0934. The minimum Gasteiger partial charge on any atom is -0.493 e. The summed E-state index contributed by atoms with van der Waals surface area (Å²) in [5.74, 6) is 1.31. The van der Waals surface area contributed by atoms with E-state index in [0.29, 0.717) is 18.1 Å². The van der Waals surface area contributed by atoms with Crippen LogP contribution in [-0.2, 0) is 19.6 Å². The summed E-state index contributed by atoms with van der Waals surface area (Å²) in [5.41, 5.74) is 4.05. The van der Waals surface area contributed by atoms with E-state index in [1.807, 2.05) is 48.5 Å². The number of fused-ring (bicyclic) bond motifs is 3. The molecule has 5 rings (SSSR count). The van der Waals surface area contributed by atoms with E-state index in [1.54, 1.807) is 18.4 Å². The van der Waals surface area contributed by atoms with E-state index in [1.165, 1.54) is 10.4 Å². The number of thiophene rings is 1. The number of benzene rings is 2. The third-order valence-corrected chi connectivity index (χ3v) is 7.27. The van der Waals surface area contributed by atoms with Crippen molar-refractivity contribution in [2.24, 2.45) is 0 Å². The molecule has 1 atom stereocenters. The highest BCUT2D eigenvalue weighted by Crippen LogP contribution is 2.41. The molecule has 6 nitrogen and oxygen atoms in total. The summed E-state index contributed by atoms with van der Waals surface area (Å²) in [7, 11) is 1.63. The van der Waals surface area contributed by atoms with Gasteiger partial charge in [-0.3, -0.25) is 9.69 Å². The van der Waals surface area contributed by atoms with Crippen LogP contribution in [0.3, 0.4) is 0 Å². The van der Waals surface area contributed by atoms with E-state index < -0.39 is 0 Å². The molecule has 3 aromatic rings. The lowest BCUT2D eigenvalue weighted by atomic mass is 10.0. The molecule has 0 saturated heterocycles. The number of methoxy groups -OCH3 is 1. The summed E-state index contributed by atoms with van der Waals surface area (Å²) < 4.78 is 11.6. The molecule has 166 valence electrons. The van der Waals surface area contributed by atoms with Gasteiger partial charge >= 0.3 is 0 Å². The number of hydrogen-bond acceptors (Lipinski definition) is 6. The fraction of sp³-hybridized carbons (Fsp3) is 0.320. The average molecular weight is 450 g/mol. The Morgan fingerprint density at radius 3 is 2.75 bits per heavy atom. The first-order valence-electron chi connectivity index (χ1n) is 10.9. The van der Waals surface area contributed by atoms with Crippen molar-refractivity contribution < 1.29 is 14.3 Å². The highest BCUT2D eigenvalue weighted by atomic mass is 32.1. The van der Waals surface area contributed by atoms with Gasteiger partial charge in [-0.05, 0) is 41.8 Å². The van der Waals surface area contributed by atoms with Crippen LogP contribution in [0.2, 0.25) is 0 Å². The molecule has 3 heterocycles. The number of amides is 1. The normalized spacial score (nSPS) is 17.7. The lowest BCUT2D eigenvalue weighted by Crippen LogP contribution is -2.38. The highest BCUT2D eigenvalue weighted by Gasteiger charge is 2.33. The molecule has 7 heteroatoms. The maximum Gasteiger partial charge on any atom is 0.256 e. The standard InChI is InChI=1S/C25H27N3O3S/c1-3-28-12-11-18-21(14-28)32-25-22(18)24(29)26-23(27-25)17-9-10-19(20(13-17)30-2)31-15-16-7-5-4-6-8-16/h4-10,13,23,27H,3,11-12,14-15H2,1-2H3,(H,26,29). The van der Waals surface area contributed by atoms with Gasteiger partial charge in [0.15, 0.2) is 11.5 Å². The van der Waals surface area contributed by atoms with Crippen molar-refractivity contribution in [2.45, 2.75) is 32.7 Å². The number of carbonyl (C=O) groups is 1. The van der Waals surface area contributed by atoms with Gasteiger partial charge in [0.1, 0.15) is 17.8 Å². The molecule has 2 aromatic carbocycles. The fourth-order valence-electron chi connectivity index (χ4n) is 4.32. The van der Waals surface area contributed by atoms with E-state index >= 15 is 0 Å². The third-order valence-electron chi connectivity index (χ3n) is 6.12.